The van der Waals surface area contributed by atoms with Crippen LogP contribution < -0.4 is 4.90 Å². The summed E-state index contributed by atoms with van der Waals surface area (Å²) in [6.45, 7) is 3.11. The van der Waals surface area contributed by atoms with Crippen molar-refractivity contribution in [1.29, 1.82) is 0 Å². The van der Waals surface area contributed by atoms with E-state index in [1.165, 1.54) is 18.5 Å². The van der Waals surface area contributed by atoms with E-state index in [2.05, 4.69) is 31.9 Å². The Kier molecular flexibility index (Phi) is 4.18. The number of pyridine rings is 1. The molecule has 1 saturated heterocycles. The molecule has 1 fully saturated rings. The van der Waals surface area contributed by atoms with Crippen LogP contribution in [0.2, 0.25) is 0 Å². The summed E-state index contributed by atoms with van der Waals surface area (Å²) in [5.41, 5.74) is 1.26. The summed E-state index contributed by atoms with van der Waals surface area (Å²) in [6, 6.07) is 2.07. The van der Waals surface area contributed by atoms with E-state index in [1.807, 2.05) is 12.4 Å². The van der Waals surface area contributed by atoms with Crippen molar-refractivity contribution in [3.8, 4) is 0 Å². The van der Waals surface area contributed by atoms with Crippen LogP contribution in [0, 0.1) is 5.92 Å². The van der Waals surface area contributed by atoms with Gasteiger partial charge in [0.1, 0.15) is 0 Å². The van der Waals surface area contributed by atoms with Gasteiger partial charge in [-0.2, -0.15) is 0 Å². The van der Waals surface area contributed by atoms with Gasteiger partial charge in [0.15, 0.2) is 0 Å². The van der Waals surface area contributed by atoms with Gasteiger partial charge in [0.2, 0.25) is 0 Å². The van der Waals surface area contributed by atoms with Crippen molar-refractivity contribution in [3.05, 3.63) is 22.9 Å². The van der Waals surface area contributed by atoms with Crippen LogP contribution in [-0.4, -0.2) is 31.8 Å². The first kappa shape index (κ1) is 11.9. The van der Waals surface area contributed by atoms with E-state index >= 15 is 0 Å². The lowest BCUT2D eigenvalue weighted by atomic mass is 9.97. The van der Waals surface area contributed by atoms with Crippen molar-refractivity contribution >= 4 is 21.6 Å². The number of rotatable bonds is 3. The summed E-state index contributed by atoms with van der Waals surface area (Å²) in [7, 11) is 1.78. The molecule has 0 amide bonds. The second-order valence-electron chi connectivity index (χ2n) is 4.21. The third kappa shape index (κ3) is 2.74. The molecular formula is C12H17BrN2O. The molecule has 2 heterocycles. The molecule has 0 atom stereocenters. The molecule has 0 aliphatic carbocycles. The quantitative estimate of drug-likeness (QED) is 0.854. The Bertz CT molecular complexity index is 338. The van der Waals surface area contributed by atoms with Gasteiger partial charge in [-0.15, -0.1) is 0 Å². The van der Waals surface area contributed by atoms with Gasteiger partial charge >= 0.3 is 0 Å². The highest BCUT2D eigenvalue weighted by molar-refractivity contribution is 9.10. The Morgan fingerprint density at radius 3 is 2.88 bits per heavy atom. The van der Waals surface area contributed by atoms with E-state index in [0.29, 0.717) is 0 Å². The average Bonchev–Trinajstić information content (AvgIpc) is 2.31. The molecular weight excluding hydrogens is 268 g/mol. The van der Waals surface area contributed by atoms with E-state index in [9.17, 15) is 0 Å². The maximum Gasteiger partial charge on any atom is 0.0592 e. The number of anilines is 1. The van der Waals surface area contributed by atoms with Gasteiger partial charge in [-0.1, -0.05) is 0 Å². The number of methoxy groups -OCH3 is 1. The second kappa shape index (κ2) is 5.64. The number of piperidine rings is 1. The van der Waals surface area contributed by atoms with E-state index in [1.54, 1.807) is 7.11 Å². The predicted molar refractivity (Wildman–Crippen MR) is 68.8 cm³/mol. The van der Waals surface area contributed by atoms with Crippen molar-refractivity contribution in [1.82, 2.24) is 4.98 Å². The molecule has 0 bridgehead atoms. The Morgan fingerprint density at radius 1 is 1.50 bits per heavy atom. The fourth-order valence-electron chi connectivity index (χ4n) is 2.20. The van der Waals surface area contributed by atoms with Crippen LogP contribution in [0.15, 0.2) is 22.9 Å². The molecule has 1 aliphatic rings. The Morgan fingerprint density at radius 2 is 2.25 bits per heavy atom. The van der Waals surface area contributed by atoms with Gasteiger partial charge < -0.3 is 9.64 Å². The Hall–Kier alpha value is -0.610. The lowest BCUT2D eigenvalue weighted by Gasteiger charge is -2.33. The largest absolute Gasteiger partial charge is 0.384 e. The third-order valence-electron chi connectivity index (χ3n) is 3.11. The zero-order valence-electron chi connectivity index (χ0n) is 9.53. The molecule has 0 unspecified atom stereocenters. The molecule has 0 spiro atoms. The Labute approximate surface area is 105 Å². The second-order valence-corrected chi connectivity index (χ2v) is 5.07. The minimum atomic E-state index is 0.724. The highest BCUT2D eigenvalue weighted by Gasteiger charge is 2.20. The van der Waals surface area contributed by atoms with Gasteiger partial charge in [0.05, 0.1) is 10.2 Å². The Balaban J connectivity index is 1.96. The minimum Gasteiger partial charge on any atom is -0.384 e. The van der Waals surface area contributed by atoms with Crippen LogP contribution in [0.1, 0.15) is 12.8 Å². The van der Waals surface area contributed by atoms with Crippen molar-refractivity contribution in [3.63, 3.8) is 0 Å². The highest BCUT2D eigenvalue weighted by Crippen LogP contribution is 2.28. The number of hydrogen-bond acceptors (Lipinski definition) is 3. The molecule has 0 aromatic carbocycles. The number of ether oxygens (including phenoxy) is 1. The summed E-state index contributed by atoms with van der Waals surface area (Å²) in [5, 5.41) is 0. The van der Waals surface area contributed by atoms with Gasteiger partial charge in [0.25, 0.3) is 0 Å². The molecule has 2 rings (SSSR count). The van der Waals surface area contributed by atoms with Crippen LogP contribution in [0.25, 0.3) is 0 Å². The molecule has 88 valence electrons. The molecule has 0 radical (unpaired) electrons. The lowest BCUT2D eigenvalue weighted by molar-refractivity contribution is 0.139. The monoisotopic (exact) mass is 284 g/mol. The molecule has 1 aliphatic heterocycles. The third-order valence-corrected chi connectivity index (χ3v) is 3.72. The maximum absolute atomic E-state index is 5.21. The average molecular weight is 285 g/mol. The molecule has 3 nitrogen and oxygen atoms in total. The summed E-state index contributed by atoms with van der Waals surface area (Å²) in [4.78, 5) is 6.51. The van der Waals surface area contributed by atoms with Crippen molar-refractivity contribution < 1.29 is 4.74 Å². The summed E-state index contributed by atoms with van der Waals surface area (Å²) >= 11 is 3.55. The zero-order chi connectivity index (χ0) is 11.4. The standard InChI is InChI=1S/C12H17BrN2O/c1-16-9-10-3-6-15(7-4-10)12-2-5-14-8-11(12)13/h2,5,8,10H,3-4,6-7,9H2,1H3. The molecule has 0 N–H and O–H groups in total. The molecule has 1 aromatic rings. The van der Waals surface area contributed by atoms with Crippen molar-refractivity contribution in [2.75, 3.05) is 31.7 Å². The number of halogens is 1. The van der Waals surface area contributed by atoms with Gasteiger partial charge in [-0.3, -0.25) is 4.98 Å². The van der Waals surface area contributed by atoms with Crippen LogP contribution >= 0.6 is 15.9 Å². The minimum absolute atomic E-state index is 0.724. The van der Waals surface area contributed by atoms with Gasteiger partial charge in [0, 0.05) is 39.2 Å². The van der Waals surface area contributed by atoms with Crippen molar-refractivity contribution in [2.45, 2.75) is 12.8 Å². The number of aromatic nitrogens is 1. The zero-order valence-corrected chi connectivity index (χ0v) is 11.1. The summed E-state index contributed by atoms with van der Waals surface area (Å²) in [6.07, 6.45) is 6.13. The number of hydrogen-bond donors (Lipinski definition) is 0. The van der Waals surface area contributed by atoms with Crippen LogP contribution in [-0.2, 0) is 4.74 Å². The van der Waals surface area contributed by atoms with E-state index in [-0.39, 0.29) is 0 Å². The molecule has 4 heteroatoms. The van der Waals surface area contributed by atoms with Crippen LogP contribution in [0.3, 0.4) is 0 Å². The first-order valence-corrected chi connectivity index (χ1v) is 6.44. The lowest BCUT2D eigenvalue weighted by Crippen LogP contribution is -2.35. The summed E-state index contributed by atoms with van der Waals surface area (Å²) < 4.78 is 6.29. The highest BCUT2D eigenvalue weighted by atomic mass is 79.9. The van der Waals surface area contributed by atoms with E-state index in [4.69, 9.17) is 4.74 Å². The van der Waals surface area contributed by atoms with Crippen LogP contribution in [0.4, 0.5) is 5.69 Å². The predicted octanol–water partition coefficient (Wildman–Crippen LogP) is 2.71. The molecule has 0 saturated carbocycles. The topological polar surface area (TPSA) is 25.4 Å². The maximum atomic E-state index is 5.21. The van der Waals surface area contributed by atoms with Gasteiger partial charge in [-0.25, -0.2) is 0 Å². The van der Waals surface area contributed by atoms with E-state index in [0.717, 1.165) is 30.1 Å². The SMILES string of the molecule is COCC1CCN(c2ccncc2Br)CC1. The fourth-order valence-corrected chi connectivity index (χ4v) is 2.70. The van der Waals surface area contributed by atoms with Crippen LogP contribution in [0.5, 0.6) is 0 Å². The normalized spacial score (nSPS) is 17.8. The summed E-state index contributed by atoms with van der Waals surface area (Å²) in [5.74, 6) is 0.724. The number of nitrogens with zero attached hydrogens (tertiary/aromatic N) is 2. The smallest absolute Gasteiger partial charge is 0.0592 e. The van der Waals surface area contributed by atoms with Gasteiger partial charge in [-0.05, 0) is 40.8 Å². The first-order valence-electron chi connectivity index (χ1n) is 5.64. The molecule has 16 heavy (non-hydrogen) atoms. The fraction of sp³-hybridized carbons (Fsp3) is 0.583. The van der Waals surface area contributed by atoms with E-state index < -0.39 is 0 Å². The first-order chi connectivity index (χ1) is 7.81. The van der Waals surface area contributed by atoms with Crippen molar-refractivity contribution in [2.24, 2.45) is 5.92 Å². The molecule has 1 aromatic heterocycles.